The molecule has 1 heterocycles. The molecule has 3 nitrogen and oxygen atoms in total. The second-order valence-electron chi connectivity index (χ2n) is 4.56. The molecule has 2 rings (SSSR count). The van der Waals surface area contributed by atoms with Crippen LogP contribution in [0.2, 0.25) is 0 Å². The van der Waals surface area contributed by atoms with Crippen molar-refractivity contribution in [2.24, 2.45) is 0 Å². The molecule has 0 N–H and O–H groups in total. The minimum Gasteiger partial charge on any atom is -0.354 e. The lowest BCUT2D eigenvalue weighted by Gasteiger charge is -2.43. The molecule has 1 aliphatic heterocycles. The third-order valence-electron chi connectivity index (χ3n) is 3.54. The van der Waals surface area contributed by atoms with Crippen LogP contribution in [0.5, 0.6) is 0 Å². The Balaban J connectivity index is 2.41. The van der Waals surface area contributed by atoms with Gasteiger partial charge in [-0.15, -0.1) is 0 Å². The van der Waals surface area contributed by atoms with Crippen molar-refractivity contribution < 1.29 is 4.74 Å². The normalized spacial score (nSPS) is 24.4. The van der Waals surface area contributed by atoms with Gasteiger partial charge >= 0.3 is 0 Å². The van der Waals surface area contributed by atoms with E-state index in [1.165, 1.54) is 5.56 Å². The molecular weight excluding hydrogens is 212 g/mol. The first-order valence-corrected chi connectivity index (χ1v) is 6.02. The molecule has 0 spiro atoms. The van der Waals surface area contributed by atoms with E-state index in [-0.39, 0.29) is 0 Å². The summed E-state index contributed by atoms with van der Waals surface area (Å²) in [6, 6.07) is 8.27. The first kappa shape index (κ1) is 11.9. The Morgan fingerprint density at radius 3 is 2.59 bits per heavy atom. The highest BCUT2D eigenvalue weighted by Crippen LogP contribution is 2.37. The second kappa shape index (κ2) is 4.77. The largest absolute Gasteiger partial charge is 0.354 e. The van der Waals surface area contributed by atoms with E-state index in [2.05, 4.69) is 37.4 Å². The highest BCUT2D eigenvalue weighted by atomic mass is 16.5. The Hall–Kier alpha value is -1.53. The fraction of sp³-hybridized carbons (Fsp3) is 0.500. The topological polar surface area (TPSA) is 36.3 Å². The highest BCUT2D eigenvalue weighted by Gasteiger charge is 2.40. The smallest absolute Gasteiger partial charge is 0.182 e. The summed E-state index contributed by atoms with van der Waals surface area (Å²) < 4.78 is 5.71. The lowest BCUT2D eigenvalue weighted by molar-refractivity contribution is -0.138. The number of aryl methyl sites for hydroxylation is 1. The molecular formula is C14H18N2O. The summed E-state index contributed by atoms with van der Waals surface area (Å²) in [4.78, 5) is 1.77. The van der Waals surface area contributed by atoms with Gasteiger partial charge in [0.15, 0.2) is 11.9 Å². The predicted octanol–water partition coefficient (Wildman–Crippen LogP) is 2.76. The van der Waals surface area contributed by atoms with E-state index in [9.17, 15) is 5.26 Å². The summed E-state index contributed by atoms with van der Waals surface area (Å²) in [5.41, 5.74) is 1.74. The second-order valence-corrected chi connectivity index (χ2v) is 4.56. The number of likely N-dealkylation sites (tertiary alicyclic amines) is 1. The van der Waals surface area contributed by atoms with Crippen LogP contribution >= 0.6 is 0 Å². The number of nitriles is 1. The molecule has 0 bridgehead atoms. The third-order valence-corrected chi connectivity index (χ3v) is 3.54. The maximum atomic E-state index is 9.27. The number of nitrogens with zero attached hydrogens (tertiary/aromatic N) is 2. The predicted molar refractivity (Wildman–Crippen MR) is 66.0 cm³/mol. The molecule has 0 radical (unpaired) electrons. The first-order valence-electron chi connectivity index (χ1n) is 6.02. The lowest BCUT2D eigenvalue weighted by atomic mass is 9.91. The van der Waals surface area contributed by atoms with Crippen LogP contribution in [0.4, 0.5) is 0 Å². The number of benzene rings is 1. The summed E-state index contributed by atoms with van der Waals surface area (Å²) in [6.45, 7) is 2.84. The van der Waals surface area contributed by atoms with Crippen molar-refractivity contribution in [3.63, 3.8) is 0 Å². The zero-order valence-corrected chi connectivity index (χ0v) is 10.4. The summed E-state index contributed by atoms with van der Waals surface area (Å²) in [5.74, 6) is 0. The van der Waals surface area contributed by atoms with Gasteiger partial charge in [-0.05, 0) is 19.8 Å². The van der Waals surface area contributed by atoms with E-state index in [0.29, 0.717) is 0 Å². The van der Waals surface area contributed by atoms with Crippen LogP contribution in [-0.4, -0.2) is 18.6 Å². The number of hydrogen-bond donors (Lipinski definition) is 0. The molecule has 3 heteroatoms. The Morgan fingerprint density at radius 1 is 1.29 bits per heavy atom. The molecule has 90 valence electrons. The minimum absolute atomic E-state index is 0.555. The SMILES string of the molecule is COC1(c2ccc(C)cc2)CCCCN1C#N. The number of ether oxygens (including phenoxy) is 1. The van der Waals surface area contributed by atoms with Crippen molar-refractivity contribution >= 4 is 0 Å². The zero-order valence-electron chi connectivity index (χ0n) is 10.4. The van der Waals surface area contributed by atoms with Crippen LogP contribution in [0.25, 0.3) is 0 Å². The first-order chi connectivity index (χ1) is 8.23. The standard InChI is InChI=1S/C14H18N2O/c1-12-5-7-13(8-6-12)14(17-2)9-3-4-10-16(14)11-15/h5-8H,3-4,9-10H2,1-2H3. The van der Waals surface area contributed by atoms with Gasteiger partial charge in [0, 0.05) is 25.6 Å². The minimum atomic E-state index is -0.555. The van der Waals surface area contributed by atoms with Crippen LogP contribution in [0.1, 0.15) is 30.4 Å². The molecule has 0 saturated carbocycles. The average Bonchev–Trinajstić information content (AvgIpc) is 2.39. The molecule has 0 aliphatic carbocycles. The molecule has 1 saturated heterocycles. The fourth-order valence-corrected chi connectivity index (χ4v) is 2.53. The fourth-order valence-electron chi connectivity index (χ4n) is 2.53. The number of hydrogen-bond acceptors (Lipinski definition) is 3. The molecule has 1 atom stereocenters. The molecule has 17 heavy (non-hydrogen) atoms. The Morgan fingerprint density at radius 2 is 2.00 bits per heavy atom. The number of piperidine rings is 1. The summed E-state index contributed by atoms with van der Waals surface area (Å²) in [5, 5.41) is 9.27. The van der Waals surface area contributed by atoms with Crippen LogP contribution in [-0.2, 0) is 10.5 Å². The molecule has 1 aromatic carbocycles. The van der Waals surface area contributed by atoms with E-state index >= 15 is 0 Å². The average molecular weight is 230 g/mol. The zero-order chi connectivity index (χ0) is 12.3. The number of methoxy groups -OCH3 is 1. The monoisotopic (exact) mass is 230 g/mol. The molecule has 0 aromatic heterocycles. The van der Waals surface area contributed by atoms with E-state index in [0.717, 1.165) is 31.4 Å². The van der Waals surface area contributed by atoms with Gasteiger partial charge in [0.25, 0.3) is 0 Å². The molecule has 1 aromatic rings. The van der Waals surface area contributed by atoms with Crippen molar-refractivity contribution in [2.45, 2.75) is 31.9 Å². The summed E-state index contributed by atoms with van der Waals surface area (Å²) in [6.07, 6.45) is 5.30. The molecule has 1 aliphatic rings. The van der Waals surface area contributed by atoms with Gasteiger partial charge in [0.05, 0.1) is 0 Å². The number of rotatable bonds is 2. The van der Waals surface area contributed by atoms with E-state index in [1.54, 1.807) is 12.0 Å². The Labute approximate surface area is 103 Å². The Bertz CT molecular complexity index is 421. The maximum absolute atomic E-state index is 9.27. The molecule has 1 fully saturated rings. The summed E-state index contributed by atoms with van der Waals surface area (Å²) >= 11 is 0. The van der Waals surface area contributed by atoms with Crippen LogP contribution in [0.15, 0.2) is 24.3 Å². The van der Waals surface area contributed by atoms with Gasteiger partial charge in [0.2, 0.25) is 0 Å². The van der Waals surface area contributed by atoms with Crippen molar-refractivity contribution in [1.29, 1.82) is 5.26 Å². The van der Waals surface area contributed by atoms with Crippen molar-refractivity contribution in [1.82, 2.24) is 4.90 Å². The van der Waals surface area contributed by atoms with Crippen molar-refractivity contribution in [2.75, 3.05) is 13.7 Å². The lowest BCUT2D eigenvalue weighted by Crippen LogP contribution is -2.48. The maximum Gasteiger partial charge on any atom is 0.182 e. The van der Waals surface area contributed by atoms with E-state index < -0.39 is 5.72 Å². The van der Waals surface area contributed by atoms with Crippen LogP contribution < -0.4 is 0 Å². The van der Waals surface area contributed by atoms with Gasteiger partial charge in [-0.3, -0.25) is 4.90 Å². The van der Waals surface area contributed by atoms with Crippen LogP contribution in [0, 0.1) is 18.4 Å². The van der Waals surface area contributed by atoms with Crippen molar-refractivity contribution in [3.05, 3.63) is 35.4 Å². The Kier molecular flexibility index (Phi) is 3.35. The van der Waals surface area contributed by atoms with Gasteiger partial charge in [-0.2, -0.15) is 5.26 Å². The van der Waals surface area contributed by atoms with Crippen LogP contribution in [0.3, 0.4) is 0 Å². The van der Waals surface area contributed by atoms with Gasteiger partial charge in [-0.25, -0.2) is 0 Å². The quantitative estimate of drug-likeness (QED) is 0.733. The highest BCUT2D eigenvalue weighted by molar-refractivity contribution is 5.27. The van der Waals surface area contributed by atoms with Gasteiger partial charge in [-0.1, -0.05) is 29.8 Å². The van der Waals surface area contributed by atoms with E-state index in [4.69, 9.17) is 4.74 Å². The molecule has 1 unspecified atom stereocenters. The molecule has 0 amide bonds. The van der Waals surface area contributed by atoms with Crippen molar-refractivity contribution in [3.8, 4) is 6.19 Å². The van der Waals surface area contributed by atoms with Gasteiger partial charge in [0.1, 0.15) is 0 Å². The third kappa shape index (κ3) is 2.01. The van der Waals surface area contributed by atoms with E-state index in [1.807, 2.05) is 0 Å². The van der Waals surface area contributed by atoms with Gasteiger partial charge < -0.3 is 4.74 Å². The summed E-state index contributed by atoms with van der Waals surface area (Å²) in [7, 11) is 1.69.